The van der Waals surface area contributed by atoms with Crippen molar-refractivity contribution in [2.75, 3.05) is 0 Å². The summed E-state index contributed by atoms with van der Waals surface area (Å²) in [4.78, 5) is 15.4. The van der Waals surface area contributed by atoms with Crippen LogP contribution in [-0.4, -0.2) is 9.55 Å². The van der Waals surface area contributed by atoms with Crippen LogP contribution in [-0.2, 0) is 6.54 Å². The largest absolute Gasteiger partial charge is 0.350 e. The Hall–Kier alpha value is -2.13. The highest BCUT2D eigenvalue weighted by Crippen LogP contribution is 2.21. The smallest absolute Gasteiger partial charge is 0.181 e. The zero-order chi connectivity index (χ0) is 13.2. The van der Waals surface area contributed by atoms with Crippen LogP contribution in [0, 0.1) is 0 Å². The van der Waals surface area contributed by atoms with E-state index in [9.17, 15) is 4.79 Å². The van der Waals surface area contributed by atoms with Gasteiger partial charge in [-0.3, -0.25) is 4.79 Å². The van der Waals surface area contributed by atoms with Gasteiger partial charge in [0, 0.05) is 35.5 Å². The molecule has 2 aromatic heterocycles. The Balaban J connectivity index is 2.02. The van der Waals surface area contributed by atoms with Crippen molar-refractivity contribution in [2.45, 2.75) is 6.54 Å². The molecule has 94 valence electrons. The summed E-state index contributed by atoms with van der Waals surface area (Å²) in [5, 5.41) is 1.56. The molecule has 0 aliphatic rings. The van der Waals surface area contributed by atoms with Crippen molar-refractivity contribution in [3.8, 4) is 0 Å². The summed E-state index contributed by atoms with van der Waals surface area (Å²) in [6.07, 6.45) is 3.49. The lowest BCUT2D eigenvalue weighted by Gasteiger charge is -2.08. The first-order chi connectivity index (χ1) is 9.22. The molecule has 0 radical (unpaired) electrons. The number of hydrogen-bond donors (Lipinski definition) is 0. The van der Waals surface area contributed by atoms with E-state index in [2.05, 4.69) is 4.98 Å². The molecule has 19 heavy (non-hydrogen) atoms. The highest BCUT2D eigenvalue weighted by atomic mass is 35.5. The molecule has 0 fully saturated rings. The number of aromatic nitrogens is 2. The van der Waals surface area contributed by atoms with E-state index in [1.807, 2.05) is 34.9 Å². The summed E-state index contributed by atoms with van der Waals surface area (Å²) < 4.78 is 1.90. The Bertz CT molecular complexity index is 775. The minimum Gasteiger partial charge on any atom is -0.350 e. The van der Waals surface area contributed by atoms with E-state index in [0.29, 0.717) is 11.7 Å². The average Bonchev–Trinajstić information content (AvgIpc) is 2.42. The van der Waals surface area contributed by atoms with Gasteiger partial charge in [-0.1, -0.05) is 29.8 Å². The summed E-state index contributed by atoms with van der Waals surface area (Å²) in [7, 11) is 0. The Kier molecular flexibility index (Phi) is 3.05. The lowest BCUT2D eigenvalue weighted by atomic mass is 10.1. The quantitative estimate of drug-likeness (QED) is 0.671. The van der Waals surface area contributed by atoms with Crippen LogP contribution in [0.4, 0.5) is 0 Å². The predicted molar refractivity (Wildman–Crippen MR) is 76.6 cm³/mol. The molecule has 1 aromatic carbocycles. The third-order valence-corrected chi connectivity index (χ3v) is 3.29. The molecule has 0 atom stereocenters. The van der Waals surface area contributed by atoms with E-state index in [4.69, 9.17) is 11.6 Å². The molecule has 0 bridgehead atoms. The van der Waals surface area contributed by atoms with E-state index < -0.39 is 0 Å². The van der Waals surface area contributed by atoms with Crippen molar-refractivity contribution < 1.29 is 0 Å². The predicted octanol–water partition coefficient (Wildman–Crippen LogP) is 3.10. The number of nitrogens with zero attached hydrogens (tertiary/aromatic N) is 2. The van der Waals surface area contributed by atoms with Gasteiger partial charge in [0.25, 0.3) is 0 Å². The zero-order valence-electron chi connectivity index (χ0n) is 10.1. The standard InChI is InChI=1S/C15H11ClN2O/c16-15-12(10-18-7-5-13(19)6-8-18)9-11-3-1-2-4-14(11)17-15/h1-9H,10H2. The van der Waals surface area contributed by atoms with Gasteiger partial charge >= 0.3 is 0 Å². The van der Waals surface area contributed by atoms with E-state index in [1.54, 1.807) is 12.4 Å². The third-order valence-electron chi connectivity index (χ3n) is 2.96. The molecule has 3 aromatic rings. The Labute approximate surface area is 115 Å². The summed E-state index contributed by atoms with van der Waals surface area (Å²) in [5.41, 5.74) is 1.82. The summed E-state index contributed by atoms with van der Waals surface area (Å²) in [5.74, 6) is 0. The van der Waals surface area contributed by atoms with Gasteiger partial charge in [0.1, 0.15) is 5.15 Å². The molecule has 2 heterocycles. The fourth-order valence-electron chi connectivity index (χ4n) is 1.99. The second-order valence-corrected chi connectivity index (χ2v) is 4.70. The number of halogens is 1. The molecule has 0 amide bonds. The molecule has 0 aliphatic heterocycles. The average molecular weight is 271 g/mol. The van der Waals surface area contributed by atoms with Crippen LogP contribution < -0.4 is 5.43 Å². The molecule has 0 aliphatic carbocycles. The monoisotopic (exact) mass is 270 g/mol. The van der Waals surface area contributed by atoms with E-state index in [0.717, 1.165) is 16.5 Å². The minimum absolute atomic E-state index is 0.000941. The second-order valence-electron chi connectivity index (χ2n) is 4.34. The van der Waals surface area contributed by atoms with Crippen LogP contribution in [0.5, 0.6) is 0 Å². The molecule has 0 spiro atoms. The van der Waals surface area contributed by atoms with Crippen molar-refractivity contribution in [3.05, 3.63) is 75.8 Å². The lowest BCUT2D eigenvalue weighted by Crippen LogP contribution is -2.05. The highest BCUT2D eigenvalue weighted by Gasteiger charge is 2.04. The van der Waals surface area contributed by atoms with Crippen LogP contribution in [0.25, 0.3) is 10.9 Å². The molecule has 0 saturated carbocycles. The van der Waals surface area contributed by atoms with Gasteiger partial charge in [-0.05, 0) is 12.1 Å². The van der Waals surface area contributed by atoms with Gasteiger partial charge < -0.3 is 4.57 Å². The zero-order valence-corrected chi connectivity index (χ0v) is 10.8. The van der Waals surface area contributed by atoms with Gasteiger partial charge in [0.05, 0.1) is 12.1 Å². The van der Waals surface area contributed by atoms with Gasteiger partial charge in [-0.2, -0.15) is 0 Å². The van der Waals surface area contributed by atoms with Gasteiger partial charge in [-0.25, -0.2) is 4.98 Å². The molecule has 4 heteroatoms. The molecular weight excluding hydrogens is 260 g/mol. The first-order valence-electron chi connectivity index (χ1n) is 5.93. The Morgan fingerprint density at radius 3 is 2.63 bits per heavy atom. The normalized spacial score (nSPS) is 10.8. The summed E-state index contributed by atoms with van der Waals surface area (Å²) >= 11 is 6.20. The first kappa shape index (κ1) is 11.9. The van der Waals surface area contributed by atoms with E-state index >= 15 is 0 Å². The first-order valence-corrected chi connectivity index (χ1v) is 6.30. The SMILES string of the molecule is O=c1ccn(Cc2cc3ccccc3nc2Cl)cc1. The van der Waals surface area contributed by atoms with Gasteiger partial charge in [0.15, 0.2) is 5.43 Å². The van der Waals surface area contributed by atoms with Crippen LogP contribution >= 0.6 is 11.6 Å². The minimum atomic E-state index is -0.000941. The third kappa shape index (κ3) is 2.51. The van der Waals surface area contributed by atoms with Crippen molar-refractivity contribution in [1.82, 2.24) is 9.55 Å². The number of para-hydroxylation sites is 1. The summed E-state index contributed by atoms with van der Waals surface area (Å²) in [6.45, 7) is 0.594. The van der Waals surface area contributed by atoms with Crippen molar-refractivity contribution in [1.29, 1.82) is 0 Å². The second kappa shape index (κ2) is 4.86. The summed E-state index contributed by atoms with van der Waals surface area (Å²) in [6, 6.07) is 12.9. The van der Waals surface area contributed by atoms with Gasteiger partial charge in [0.2, 0.25) is 0 Å². The van der Waals surface area contributed by atoms with E-state index in [1.165, 1.54) is 12.1 Å². The fourth-order valence-corrected chi connectivity index (χ4v) is 2.20. The Morgan fingerprint density at radius 1 is 1.11 bits per heavy atom. The molecule has 0 saturated heterocycles. The van der Waals surface area contributed by atoms with Crippen LogP contribution in [0.1, 0.15) is 5.56 Å². The van der Waals surface area contributed by atoms with Crippen LogP contribution in [0.2, 0.25) is 5.15 Å². The van der Waals surface area contributed by atoms with Crippen molar-refractivity contribution >= 4 is 22.5 Å². The molecular formula is C15H11ClN2O. The topological polar surface area (TPSA) is 34.9 Å². The molecule has 0 unspecified atom stereocenters. The number of rotatable bonds is 2. The lowest BCUT2D eigenvalue weighted by molar-refractivity contribution is 0.787. The number of hydrogen-bond acceptors (Lipinski definition) is 2. The fraction of sp³-hybridized carbons (Fsp3) is 0.0667. The van der Waals surface area contributed by atoms with Crippen molar-refractivity contribution in [3.63, 3.8) is 0 Å². The van der Waals surface area contributed by atoms with Crippen LogP contribution in [0.15, 0.2) is 59.7 Å². The van der Waals surface area contributed by atoms with Crippen LogP contribution in [0.3, 0.4) is 0 Å². The maximum absolute atomic E-state index is 11.1. The van der Waals surface area contributed by atoms with E-state index in [-0.39, 0.29) is 5.43 Å². The maximum Gasteiger partial charge on any atom is 0.181 e. The Morgan fingerprint density at radius 2 is 1.84 bits per heavy atom. The molecule has 0 N–H and O–H groups in total. The number of benzene rings is 1. The number of fused-ring (bicyclic) bond motifs is 1. The number of pyridine rings is 2. The molecule has 3 rings (SSSR count). The maximum atomic E-state index is 11.1. The molecule has 3 nitrogen and oxygen atoms in total. The van der Waals surface area contributed by atoms with Gasteiger partial charge in [-0.15, -0.1) is 0 Å². The highest BCUT2D eigenvalue weighted by molar-refractivity contribution is 6.30. The van der Waals surface area contributed by atoms with Crippen molar-refractivity contribution in [2.24, 2.45) is 0 Å².